The standard InChI is InChI=1S/C34H43N7O5/c1-21(42)36-20-34(14-15-34)28-19-41(39-38-28)29(33(2,3)4)32(46)40-18-25(43)17-27(40)31(45)37-26(30(35)44)16-22-10-12-24(13-11-22)23-8-6-5-7-9-23/h5-13,19,25-27,29,43H,14-18,20H2,1-4H3,(H2,35,44)(H,36,42)(H,37,45)/t25-,26-,27+,29+/m1/s1. The number of rotatable bonds is 11. The lowest BCUT2D eigenvalue weighted by atomic mass is 9.85. The first kappa shape index (κ1) is 32.8. The summed E-state index contributed by atoms with van der Waals surface area (Å²) in [7, 11) is 0. The summed E-state index contributed by atoms with van der Waals surface area (Å²) < 4.78 is 1.52. The number of amides is 4. The molecule has 5 N–H and O–H groups in total. The van der Waals surface area contributed by atoms with Gasteiger partial charge < -0.3 is 26.4 Å². The minimum absolute atomic E-state index is 0.0219. The van der Waals surface area contributed by atoms with E-state index in [2.05, 4.69) is 20.9 Å². The maximum absolute atomic E-state index is 14.2. The molecule has 0 unspecified atom stereocenters. The molecule has 1 aromatic heterocycles. The van der Waals surface area contributed by atoms with Crippen molar-refractivity contribution in [3.8, 4) is 11.1 Å². The van der Waals surface area contributed by atoms with Crippen molar-refractivity contribution in [2.24, 2.45) is 11.1 Å². The quantitative estimate of drug-likeness (QED) is 0.251. The van der Waals surface area contributed by atoms with Gasteiger partial charge in [0.1, 0.15) is 18.1 Å². The van der Waals surface area contributed by atoms with Crippen molar-refractivity contribution >= 4 is 23.6 Å². The van der Waals surface area contributed by atoms with Crippen LogP contribution in [-0.4, -0.2) is 79.9 Å². The molecule has 46 heavy (non-hydrogen) atoms. The van der Waals surface area contributed by atoms with E-state index in [1.54, 1.807) is 6.20 Å². The summed E-state index contributed by atoms with van der Waals surface area (Å²) in [6.07, 6.45) is 2.71. The van der Waals surface area contributed by atoms with E-state index in [1.807, 2.05) is 75.4 Å². The zero-order valence-electron chi connectivity index (χ0n) is 26.8. The molecular formula is C34H43N7O5. The molecule has 1 saturated heterocycles. The number of carbonyl (C=O) groups is 4. The summed E-state index contributed by atoms with van der Waals surface area (Å²) in [5.41, 5.74) is 8.35. The minimum Gasteiger partial charge on any atom is -0.391 e. The van der Waals surface area contributed by atoms with E-state index in [0.29, 0.717) is 12.2 Å². The molecule has 5 rings (SSSR count). The van der Waals surface area contributed by atoms with Crippen molar-refractivity contribution in [3.63, 3.8) is 0 Å². The number of likely N-dealkylation sites (tertiary alicyclic amines) is 1. The van der Waals surface area contributed by atoms with Gasteiger partial charge in [-0.3, -0.25) is 19.2 Å². The number of aromatic nitrogens is 3. The van der Waals surface area contributed by atoms with Gasteiger partial charge in [-0.1, -0.05) is 80.6 Å². The Balaban J connectivity index is 1.31. The van der Waals surface area contributed by atoms with E-state index < -0.39 is 41.5 Å². The molecule has 1 saturated carbocycles. The molecule has 12 nitrogen and oxygen atoms in total. The zero-order valence-corrected chi connectivity index (χ0v) is 26.8. The predicted molar refractivity (Wildman–Crippen MR) is 171 cm³/mol. The lowest BCUT2D eigenvalue weighted by molar-refractivity contribution is -0.144. The first-order chi connectivity index (χ1) is 21.8. The van der Waals surface area contributed by atoms with Crippen molar-refractivity contribution in [1.29, 1.82) is 0 Å². The van der Waals surface area contributed by atoms with Crippen LogP contribution in [0, 0.1) is 5.41 Å². The van der Waals surface area contributed by atoms with Crippen LogP contribution in [0.5, 0.6) is 0 Å². The van der Waals surface area contributed by atoms with E-state index in [9.17, 15) is 24.3 Å². The fraction of sp³-hybridized carbons (Fsp3) is 0.471. The summed E-state index contributed by atoms with van der Waals surface area (Å²) in [5, 5.41) is 24.9. The van der Waals surface area contributed by atoms with Crippen molar-refractivity contribution in [1.82, 2.24) is 30.5 Å². The Labute approximate surface area is 268 Å². The average Bonchev–Trinajstić information content (AvgIpc) is 3.45. The summed E-state index contributed by atoms with van der Waals surface area (Å²) in [6, 6.07) is 14.7. The minimum atomic E-state index is -1.01. The molecule has 2 fully saturated rings. The topological polar surface area (TPSA) is 173 Å². The first-order valence-electron chi connectivity index (χ1n) is 15.7. The van der Waals surface area contributed by atoms with Crippen molar-refractivity contribution in [3.05, 3.63) is 72.1 Å². The number of benzene rings is 2. The van der Waals surface area contributed by atoms with Gasteiger partial charge in [0.2, 0.25) is 23.6 Å². The van der Waals surface area contributed by atoms with Crippen LogP contribution in [-0.2, 0) is 31.0 Å². The number of β-amino-alcohol motifs (C(OH)–C–C–N with tert-alkyl or cyclic N) is 1. The number of nitrogens with zero attached hydrogens (tertiary/aromatic N) is 4. The second-order valence-corrected chi connectivity index (χ2v) is 13.7. The molecule has 2 heterocycles. The number of aliphatic hydroxyl groups excluding tert-OH is 1. The molecule has 2 aromatic carbocycles. The van der Waals surface area contributed by atoms with Crippen LogP contribution in [0.25, 0.3) is 11.1 Å². The third-order valence-electron chi connectivity index (χ3n) is 8.93. The molecule has 0 bridgehead atoms. The van der Waals surface area contributed by atoms with Crippen LogP contribution >= 0.6 is 0 Å². The molecule has 3 aromatic rings. The second-order valence-electron chi connectivity index (χ2n) is 13.7. The number of carbonyl (C=O) groups excluding carboxylic acids is 4. The number of primary amides is 1. The number of hydrogen-bond acceptors (Lipinski definition) is 7. The Hall–Kier alpha value is -4.58. The predicted octanol–water partition coefficient (Wildman–Crippen LogP) is 1.87. The molecule has 1 aliphatic carbocycles. The van der Waals surface area contributed by atoms with E-state index in [-0.39, 0.29) is 36.6 Å². The summed E-state index contributed by atoms with van der Waals surface area (Å²) in [6.45, 7) is 7.56. The molecular weight excluding hydrogens is 586 g/mol. The number of hydrogen-bond donors (Lipinski definition) is 4. The Morgan fingerprint density at radius 2 is 1.70 bits per heavy atom. The van der Waals surface area contributed by atoms with E-state index in [1.165, 1.54) is 16.5 Å². The molecule has 12 heteroatoms. The summed E-state index contributed by atoms with van der Waals surface area (Å²) in [5.74, 6) is -1.78. The largest absolute Gasteiger partial charge is 0.391 e. The lowest BCUT2D eigenvalue weighted by Crippen LogP contribution is -2.54. The van der Waals surface area contributed by atoms with Crippen LogP contribution in [0.2, 0.25) is 0 Å². The van der Waals surface area contributed by atoms with Gasteiger partial charge >= 0.3 is 0 Å². The van der Waals surface area contributed by atoms with Crippen molar-refractivity contribution < 1.29 is 24.3 Å². The second kappa shape index (κ2) is 13.0. The molecule has 4 atom stereocenters. The van der Waals surface area contributed by atoms with Crippen LogP contribution < -0.4 is 16.4 Å². The highest BCUT2D eigenvalue weighted by molar-refractivity contribution is 5.93. The Bertz CT molecular complexity index is 1580. The fourth-order valence-electron chi connectivity index (χ4n) is 6.15. The molecule has 244 valence electrons. The van der Waals surface area contributed by atoms with Crippen molar-refractivity contribution in [2.45, 2.75) is 83.0 Å². The van der Waals surface area contributed by atoms with E-state index in [4.69, 9.17) is 5.73 Å². The van der Waals surface area contributed by atoms with E-state index in [0.717, 1.165) is 29.5 Å². The number of nitrogens with one attached hydrogen (secondary N) is 2. The highest BCUT2D eigenvalue weighted by Gasteiger charge is 2.49. The summed E-state index contributed by atoms with van der Waals surface area (Å²) >= 11 is 0. The number of nitrogens with two attached hydrogens (primary N) is 1. The smallest absolute Gasteiger partial charge is 0.248 e. The van der Waals surface area contributed by atoms with Crippen LogP contribution in [0.4, 0.5) is 0 Å². The van der Waals surface area contributed by atoms with Crippen LogP contribution in [0.15, 0.2) is 60.8 Å². The van der Waals surface area contributed by atoms with Gasteiger partial charge in [0.15, 0.2) is 0 Å². The highest BCUT2D eigenvalue weighted by atomic mass is 16.3. The van der Waals surface area contributed by atoms with Gasteiger partial charge in [-0.05, 0) is 34.9 Å². The third-order valence-corrected chi connectivity index (χ3v) is 8.93. The van der Waals surface area contributed by atoms with Gasteiger partial charge in [-0.2, -0.15) is 0 Å². The normalized spacial score (nSPS) is 20.1. The molecule has 4 amide bonds. The number of aliphatic hydroxyl groups is 1. The lowest BCUT2D eigenvalue weighted by Gasteiger charge is -2.35. The van der Waals surface area contributed by atoms with Gasteiger partial charge in [-0.15, -0.1) is 5.10 Å². The van der Waals surface area contributed by atoms with Crippen LogP contribution in [0.1, 0.15) is 64.3 Å². The maximum atomic E-state index is 14.2. The Morgan fingerprint density at radius 3 is 2.28 bits per heavy atom. The van der Waals surface area contributed by atoms with E-state index >= 15 is 0 Å². The average molecular weight is 630 g/mol. The zero-order chi connectivity index (χ0) is 33.2. The van der Waals surface area contributed by atoms with Gasteiger partial charge in [0.25, 0.3) is 0 Å². The van der Waals surface area contributed by atoms with Gasteiger partial charge in [0, 0.05) is 38.3 Å². The SMILES string of the molecule is CC(=O)NCC1(c2cn([C@@H](C(=O)N3C[C@H](O)C[C@H]3C(=O)N[C@H](Cc3ccc(-c4ccccc4)cc3)C(N)=O)C(C)(C)C)nn2)CC1. The molecule has 0 spiro atoms. The van der Waals surface area contributed by atoms with Gasteiger partial charge in [0.05, 0.1) is 18.0 Å². The monoisotopic (exact) mass is 629 g/mol. The molecule has 1 aliphatic heterocycles. The molecule has 0 radical (unpaired) electrons. The first-order valence-corrected chi connectivity index (χ1v) is 15.7. The Morgan fingerprint density at radius 1 is 1.04 bits per heavy atom. The van der Waals surface area contributed by atoms with Crippen LogP contribution in [0.3, 0.4) is 0 Å². The maximum Gasteiger partial charge on any atom is 0.248 e. The summed E-state index contributed by atoms with van der Waals surface area (Å²) in [4.78, 5) is 53.2. The highest BCUT2D eigenvalue weighted by Crippen LogP contribution is 2.47. The van der Waals surface area contributed by atoms with Gasteiger partial charge in [-0.25, -0.2) is 4.68 Å². The third kappa shape index (κ3) is 7.28. The Kier molecular flexibility index (Phi) is 9.29. The van der Waals surface area contributed by atoms with Crippen molar-refractivity contribution in [2.75, 3.05) is 13.1 Å². The molecule has 2 aliphatic rings. The fourth-order valence-corrected chi connectivity index (χ4v) is 6.15.